The maximum Gasteiger partial charge on any atom is 0.320 e. The van der Waals surface area contributed by atoms with Gasteiger partial charge in [-0.15, -0.1) is 0 Å². The number of methoxy groups -OCH3 is 2. The number of piperidine rings is 1. The predicted octanol–water partition coefficient (Wildman–Crippen LogP) is 3.71. The molecular weight excluding hydrogens is 302 g/mol. The van der Waals surface area contributed by atoms with Crippen molar-refractivity contribution in [1.29, 1.82) is 0 Å². The van der Waals surface area contributed by atoms with Crippen LogP contribution in [-0.2, 0) is 0 Å². The molecule has 0 spiro atoms. The third-order valence-electron chi connectivity index (χ3n) is 4.70. The summed E-state index contributed by atoms with van der Waals surface area (Å²) in [6, 6.07) is 11.2. The first-order valence-electron chi connectivity index (χ1n) is 8.52. The van der Waals surface area contributed by atoms with Gasteiger partial charge in [0.2, 0.25) is 5.88 Å². The lowest BCUT2D eigenvalue weighted by Gasteiger charge is -2.32. The molecule has 1 aromatic carbocycles. The topological polar surface area (TPSA) is 47.5 Å². The van der Waals surface area contributed by atoms with Gasteiger partial charge in [0.05, 0.1) is 19.9 Å². The lowest BCUT2D eigenvalue weighted by molar-refractivity contribution is 0.175. The average molecular weight is 327 g/mol. The second-order valence-electron chi connectivity index (χ2n) is 6.18. The van der Waals surface area contributed by atoms with Crippen LogP contribution in [0.4, 0.5) is 0 Å². The number of hydrogen-bond acceptors (Lipinski definition) is 5. The molecule has 1 saturated heterocycles. The highest BCUT2D eigenvalue weighted by Gasteiger charge is 2.18. The van der Waals surface area contributed by atoms with Crippen LogP contribution in [0.1, 0.15) is 37.8 Å². The molecule has 1 atom stereocenters. The van der Waals surface area contributed by atoms with Crippen LogP contribution in [0.15, 0.2) is 30.3 Å². The fourth-order valence-electron chi connectivity index (χ4n) is 3.20. The molecule has 0 unspecified atom stereocenters. The minimum absolute atomic E-state index is 0.315. The lowest BCUT2D eigenvalue weighted by atomic mass is 10.0. The van der Waals surface area contributed by atoms with E-state index in [1.165, 1.54) is 37.9 Å². The highest BCUT2D eigenvalue weighted by atomic mass is 16.5. The molecule has 1 aromatic heterocycles. The molecular formula is C19H25N3O2. The zero-order chi connectivity index (χ0) is 16.9. The van der Waals surface area contributed by atoms with E-state index in [4.69, 9.17) is 9.47 Å². The number of benzene rings is 1. The molecule has 0 aliphatic carbocycles. The maximum atomic E-state index is 5.22. The van der Waals surface area contributed by atoms with Crippen molar-refractivity contribution in [2.24, 2.45) is 0 Å². The lowest BCUT2D eigenvalue weighted by Crippen LogP contribution is -2.32. The van der Waals surface area contributed by atoms with E-state index >= 15 is 0 Å². The molecule has 128 valence electrons. The summed E-state index contributed by atoms with van der Waals surface area (Å²) < 4.78 is 10.4. The first-order chi connectivity index (χ1) is 11.7. The van der Waals surface area contributed by atoms with Crippen LogP contribution in [0.3, 0.4) is 0 Å². The zero-order valence-electron chi connectivity index (χ0n) is 14.7. The van der Waals surface area contributed by atoms with Crippen molar-refractivity contribution in [2.45, 2.75) is 32.2 Å². The SMILES string of the molecule is COc1cc(-c2ccc([C@@H](C)N3CCCCC3)cc2)nc(OC)n1. The van der Waals surface area contributed by atoms with Gasteiger partial charge in [-0.2, -0.15) is 9.97 Å². The molecule has 5 nitrogen and oxygen atoms in total. The Kier molecular flexibility index (Phi) is 5.30. The standard InChI is InChI=1S/C19H25N3O2/c1-14(22-11-5-4-6-12-22)15-7-9-16(10-8-15)17-13-18(23-2)21-19(20-17)24-3/h7-10,13-14H,4-6,11-12H2,1-3H3/t14-/m1/s1. The third kappa shape index (κ3) is 3.67. The number of likely N-dealkylation sites (tertiary alicyclic amines) is 1. The molecule has 1 aliphatic heterocycles. The van der Waals surface area contributed by atoms with Crippen molar-refractivity contribution < 1.29 is 9.47 Å². The maximum absolute atomic E-state index is 5.22. The predicted molar refractivity (Wildman–Crippen MR) is 94.4 cm³/mol. The van der Waals surface area contributed by atoms with Crippen molar-refractivity contribution in [3.05, 3.63) is 35.9 Å². The van der Waals surface area contributed by atoms with Crippen LogP contribution in [0, 0.1) is 0 Å². The first-order valence-corrected chi connectivity index (χ1v) is 8.52. The van der Waals surface area contributed by atoms with Crippen LogP contribution in [-0.4, -0.2) is 42.2 Å². The first kappa shape index (κ1) is 16.7. The Labute approximate surface area is 143 Å². The van der Waals surface area contributed by atoms with Gasteiger partial charge < -0.3 is 9.47 Å². The van der Waals surface area contributed by atoms with E-state index < -0.39 is 0 Å². The summed E-state index contributed by atoms with van der Waals surface area (Å²) in [5.74, 6) is 0.502. The van der Waals surface area contributed by atoms with E-state index in [1.807, 2.05) is 6.07 Å². The van der Waals surface area contributed by atoms with Gasteiger partial charge in [-0.05, 0) is 38.4 Å². The summed E-state index contributed by atoms with van der Waals surface area (Å²) in [6.07, 6.45) is 3.98. The quantitative estimate of drug-likeness (QED) is 0.838. The highest BCUT2D eigenvalue weighted by Crippen LogP contribution is 2.28. The van der Waals surface area contributed by atoms with Crippen molar-refractivity contribution >= 4 is 0 Å². The minimum Gasteiger partial charge on any atom is -0.481 e. The average Bonchev–Trinajstić information content (AvgIpc) is 2.67. The Morgan fingerprint density at radius 3 is 2.29 bits per heavy atom. The van der Waals surface area contributed by atoms with Crippen LogP contribution in [0.2, 0.25) is 0 Å². The normalized spacial score (nSPS) is 16.6. The molecule has 0 saturated carbocycles. The molecule has 24 heavy (non-hydrogen) atoms. The van der Waals surface area contributed by atoms with Gasteiger partial charge in [0.15, 0.2) is 0 Å². The van der Waals surface area contributed by atoms with E-state index in [0.717, 1.165) is 11.3 Å². The highest BCUT2D eigenvalue weighted by molar-refractivity contribution is 5.61. The van der Waals surface area contributed by atoms with E-state index in [2.05, 4.69) is 46.1 Å². The molecule has 2 aromatic rings. The van der Waals surface area contributed by atoms with Gasteiger partial charge in [-0.25, -0.2) is 0 Å². The smallest absolute Gasteiger partial charge is 0.320 e. The van der Waals surface area contributed by atoms with Gasteiger partial charge >= 0.3 is 6.01 Å². The van der Waals surface area contributed by atoms with Crippen LogP contribution < -0.4 is 9.47 Å². The number of hydrogen-bond donors (Lipinski definition) is 0. The monoisotopic (exact) mass is 327 g/mol. The number of nitrogens with zero attached hydrogens (tertiary/aromatic N) is 3. The van der Waals surface area contributed by atoms with Crippen molar-refractivity contribution in [1.82, 2.24) is 14.9 Å². The van der Waals surface area contributed by atoms with Gasteiger partial charge in [-0.3, -0.25) is 4.90 Å². The van der Waals surface area contributed by atoms with E-state index in [-0.39, 0.29) is 0 Å². The van der Waals surface area contributed by atoms with Crippen LogP contribution in [0.25, 0.3) is 11.3 Å². The molecule has 1 aliphatic rings. The van der Waals surface area contributed by atoms with Gasteiger partial charge in [0.25, 0.3) is 0 Å². The fourth-order valence-corrected chi connectivity index (χ4v) is 3.20. The second kappa shape index (κ2) is 7.62. The van der Waals surface area contributed by atoms with Crippen molar-refractivity contribution in [3.63, 3.8) is 0 Å². The molecule has 2 heterocycles. The van der Waals surface area contributed by atoms with Crippen LogP contribution in [0.5, 0.6) is 11.9 Å². The molecule has 0 bridgehead atoms. The summed E-state index contributed by atoms with van der Waals surface area (Å²) in [6.45, 7) is 4.68. The Hall–Kier alpha value is -2.14. The molecule has 0 N–H and O–H groups in total. The van der Waals surface area contributed by atoms with E-state index in [0.29, 0.717) is 17.9 Å². The second-order valence-corrected chi connectivity index (χ2v) is 6.18. The Bertz CT molecular complexity index is 645. The van der Waals surface area contributed by atoms with Crippen LogP contribution >= 0.6 is 0 Å². The van der Waals surface area contributed by atoms with E-state index in [1.54, 1.807) is 14.2 Å². The number of ether oxygens (including phenoxy) is 2. The minimum atomic E-state index is 0.315. The third-order valence-corrected chi connectivity index (χ3v) is 4.70. The number of aromatic nitrogens is 2. The Balaban J connectivity index is 1.81. The molecule has 0 amide bonds. The Morgan fingerprint density at radius 1 is 0.958 bits per heavy atom. The summed E-state index contributed by atoms with van der Waals surface area (Å²) >= 11 is 0. The molecule has 0 radical (unpaired) electrons. The zero-order valence-corrected chi connectivity index (χ0v) is 14.7. The summed E-state index contributed by atoms with van der Waals surface area (Å²) in [4.78, 5) is 11.1. The molecule has 1 fully saturated rings. The largest absolute Gasteiger partial charge is 0.481 e. The summed E-state index contributed by atoms with van der Waals surface area (Å²) in [5.41, 5.74) is 3.17. The summed E-state index contributed by atoms with van der Waals surface area (Å²) in [7, 11) is 3.15. The fraction of sp³-hybridized carbons (Fsp3) is 0.474. The van der Waals surface area contributed by atoms with E-state index in [9.17, 15) is 0 Å². The summed E-state index contributed by atoms with van der Waals surface area (Å²) in [5, 5.41) is 0. The molecule has 5 heteroatoms. The number of rotatable bonds is 5. The van der Waals surface area contributed by atoms with Crippen molar-refractivity contribution in [3.8, 4) is 23.1 Å². The van der Waals surface area contributed by atoms with Gasteiger partial charge in [-0.1, -0.05) is 30.7 Å². The Morgan fingerprint density at radius 2 is 1.67 bits per heavy atom. The van der Waals surface area contributed by atoms with Crippen molar-refractivity contribution in [2.75, 3.05) is 27.3 Å². The molecule has 3 rings (SSSR count). The van der Waals surface area contributed by atoms with Gasteiger partial charge in [0.1, 0.15) is 0 Å². The van der Waals surface area contributed by atoms with Gasteiger partial charge in [0, 0.05) is 17.7 Å².